The van der Waals surface area contributed by atoms with Crippen molar-refractivity contribution in [2.75, 3.05) is 23.3 Å². The van der Waals surface area contributed by atoms with E-state index in [1.165, 1.54) is 0 Å². The molecule has 5 rings (SSSR count). The summed E-state index contributed by atoms with van der Waals surface area (Å²) in [6.45, 7) is 10.3. The largest absolute Gasteiger partial charge is 0.368 e. The average Bonchev–Trinajstić information content (AvgIpc) is 3.21. The van der Waals surface area contributed by atoms with Crippen molar-refractivity contribution in [2.24, 2.45) is 7.05 Å². The van der Waals surface area contributed by atoms with Gasteiger partial charge in [-0.15, -0.1) is 5.10 Å². The quantitative estimate of drug-likeness (QED) is 0.506. The molecule has 31 heavy (non-hydrogen) atoms. The van der Waals surface area contributed by atoms with Gasteiger partial charge in [-0.3, -0.25) is 4.68 Å². The normalized spacial score (nSPS) is 19.5. The maximum absolute atomic E-state index is 6.80. The van der Waals surface area contributed by atoms with Crippen LogP contribution in [-0.4, -0.2) is 49.6 Å². The zero-order valence-corrected chi connectivity index (χ0v) is 19.2. The lowest BCUT2D eigenvalue weighted by Gasteiger charge is -2.37. The Morgan fingerprint density at radius 1 is 1.10 bits per heavy atom. The topological polar surface area (TPSA) is 75.3 Å². The molecule has 0 radical (unpaired) electrons. The van der Waals surface area contributed by atoms with Crippen molar-refractivity contribution >= 4 is 45.5 Å². The second kappa shape index (κ2) is 7.39. The minimum Gasteiger partial charge on any atom is -0.368 e. The van der Waals surface area contributed by atoms with Crippen molar-refractivity contribution in [3.05, 3.63) is 40.7 Å². The van der Waals surface area contributed by atoms with Crippen LogP contribution in [-0.2, 0) is 7.05 Å². The molecule has 4 aromatic rings. The van der Waals surface area contributed by atoms with Crippen molar-refractivity contribution in [2.45, 2.75) is 39.8 Å². The van der Waals surface area contributed by atoms with Crippen LogP contribution in [0.4, 0.5) is 17.3 Å². The van der Waals surface area contributed by atoms with Gasteiger partial charge in [-0.25, -0.2) is 9.50 Å². The molecule has 1 aliphatic heterocycles. The molecule has 2 N–H and O–H groups in total. The molecule has 1 aromatic carbocycles. The Kier molecular flexibility index (Phi) is 4.79. The third kappa shape index (κ3) is 3.59. The zero-order valence-electron chi connectivity index (χ0n) is 18.4. The fourth-order valence-electron chi connectivity index (χ4n) is 4.56. The summed E-state index contributed by atoms with van der Waals surface area (Å²) in [6.07, 6.45) is 1.92. The third-order valence-electron chi connectivity index (χ3n) is 5.79. The molecule has 1 aliphatic rings. The van der Waals surface area contributed by atoms with Gasteiger partial charge in [0.2, 0.25) is 0 Å². The number of hydrogen-bond donors (Lipinski definition) is 2. The van der Waals surface area contributed by atoms with E-state index in [9.17, 15) is 0 Å². The van der Waals surface area contributed by atoms with Crippen LogP contribution in [0.1, 0.15) is 25.1 Å². The van der Waals surface area contributed by atoms with Crippen molar-refractivity contribution in [3.8, 4) is 0 Å². The third-order valence-corrected chi connectivity index (χ3v) is 6.09. The molecule has 9 heteroatoms. The number of halogens is 1. The van der Waals surface area contributed by atoms with Gasteiger partial charge in [0.15, 0.2) is 17.3 Å². The fraction of sp³-hybridized carbons (Fsp3) is 0.409. The second-order valence-electron chi connectivity index (χ2n) is 8.66. The van der Waals surface area contributed by atoms with Gasteiger partial charge in [0, 0.05) is 37.9 Å². The highest BCUT2D eigenvalue weighted by molar-refractivity contribution is 6.37. The van der Waals surface area contributed by atoms with Gasteiger partial charge in [-0.2, -0.15) is 5.10 Å². The van der Waals surface area contributed by atoms with E-state index < -0.39 is 0 Å². The summed E-state index contributed by atoms with van der Waals surface area (Å²) in [4.78, 5) is 6.90. The lowest BCUT2D eigenvalue weighted by molar-refractivity contribution is 0.407. The van der Waals surface area contributed by atoms with Crippen LogP contribution in [0.3, 0.4) is 0 Å². The predicted octanol–water partition coefficient (Wildman–Crippen LogP) is 3.82. The minimum absolute atomic E-state index is 0.429. The Morgan fingerprint density at radius 3 is 2.58 bits per heavy atom. The maximum Gasteiger partial charge on any atom is 0.163 e. The highest BCUT2D eigenvalue weighted by atomic mass is 35.5. The van der Waals surface area contributed by atoms with Gasteiger partial charge in [-0.05, 0) is 51.5 Å². The number of hydrogen-bond acceptors (Lipinski definition) is 6. The van der Waals surface area contributed by atoms with E-state index >= 15 is 0 Å². The molecular formula is C22H27ClN8. The molecule has 3 aromatic heterocycles. The lowest BCUT2D eigenvalue weighted by Crippen LogP contribution is -2.54. The Balaban J connectivity index is 1.53. The Hall–Kier alpha value is -2.84. The molecule has 0 spiro atoms. The first-order chi connectivity index (χ1) is 14.8. The molecule has 2 atom stereocenters. The van der Waals surface area contributed by atoms with Crippen LogP contribution in [0.15, 0.2) is 24.4 Å². The van der Waals surface area contributed by atoms with E-state index in [-0.39, 0.29) is 0 Å². The van der Waals surface area contributed by atoms with Gasteiger partial charge in [-0.1, -0.05) is 11.6 Å². The average molecular weight is 439 g/mol. The Labute approximate surface area is 186 Å². The summed E-state index contributed by atoms with van der Waals surface area (Å²) in [5.41, 5.74) is 4.94. The van der Waals surface area contributed by atoms with E-state index in [0.29, 0.717) is 28.7 Å². The Bertz CT molecular complexity index is 1280. The second-order valence-corrected chi connectivity index (χ2v) is 9.06. The summed E-state index contributed by atoms with van der Waals surface area (Å²) in [6, 6.07) is 7.05. The van der Waals surface area contributed by atoms with E-state index in [1.54, 1.807) is 4.52 Å². The molecule has 1 saturated heterocycles. The summed E-state index contributed by atoms with van der Waals surface area (Å²) >= 11 is 6.80. The fourth-order valence-corrected chi connectivity index (χ4v) is 4.85. The van der Waals surface area contributed by atoms with Crippen LogP contribution < -0.4 is 15.5 Å². The van der Waals surface area contributed by atoms with Crippen LogP contribution >= 0.6 is 11.6 Å². The first-order valence-electron chi connectivity index (χ1n) is 10.6. The van der Waals surface area contributed by atoms with Crippen molar-refractivity contribution in [1.29, 1.82) is 0 Å². The van der Waals surface area contributed by atoms with E-state index in [1.807, 2.05) is 43.9 Å². The van der Waals surface area contributed by atoms with Crippen molar-refractivity contribution < 1.29 is 0 Å². The van der Waals surface area contributed by atoms with E-state index in [4.69, 9.17) is 16.7 Å². The van der Waals surface area contributed by atoms with Gasteiger partial charge in [0.25, 0.3) is 0 Å². The number of fused-ring (bicyclic) bond motifs is 2. The Morgan fingerprint density at radius 2 is 1.84 bits per heavy atom. The highest BCUT2D eigenvalue weighted by Crippen LogP contribution is 2.36. The van der Waals surface area contributed by atoms with E-state index in [0.717, 1.165) is 46.6 Å². The number of nitrogens with zero attached hydrogens (tertiary/aromatic N) is 6. The number of anilines is 3. The molecule has 0 aliphatic carbocycles. The smallest absolute Gasteiger partial charge is 0.163 e. The highest BCUT2D eigenvalue weighted by Gasteiger charge is 2.23. The van der Waals surface area contributed by atoms with Gasteiger partial charge < -0.3 is 15.5 Å². The number of rotatable bonds is 3. The maximum atomic E-state index is 6.80. The van der Waals surface area contributed by atoms with E-state index in [2.05, 4.69) is 45.5 Å². The van der Waals surface area contributed by atoms with Crippen LogP contribution in [0.5, 0.6) is 0 Å². The summed E-state index contributed by atoms with van der Waals surface area (Å²) in [5.74, 6) is 1.39. The molecule has 8 nitrogen and oxygen atoms in total. The summed E-state index contributed by atoms with van der Waals surface area (Å²) in [5, 5.41) is 17.9. The first kappa shape index (κ1) is 20.1. The molecule has 0 saturated carbocycles. The lowest BCUT2D eigenvalue weighted by atomic mass is 10.1. The molecule has 0 unspecified atom stereocenters. The van der Waals surface area contributed by atoms with Crippen LogP contribution in [0, 0.1) is 13.8 Å². The van der Waals surface area contributed by atoms with Gasteiger partial charge in [0.05, 0.1) is 27.8 Å². The first-order valence-corrected chi connectivity index (χ1v) is 10.9. The number of imidazole rings is 1. The molecule has 1 fully saturated rings. The molecule has 0 amide bonds. The number of piperazine rings is 1. The summed E-state index contributed by atoms with van der Waals surface area (Å²) < 4.78 is 3.67. The monoisotopic (exact) mass is 438 g/mol. The minimum atomic E-state index is 0.429. The zero-order chi connectivity index (χ0) is 21.9. The molecular weight excluding hydrogens is 412 g/mol. The molecule has 162 valence electrons. The number of aryl methyl sites for hydroxylation is 3. The van der Waals surface area contributed by atoms with Gasteiger partial charge in [0.1, 0.15) is 0 Å². The van der Waals surface area contributed by atoms with Crippen LogP contribution in [0.2, 0.25) is 5.02 Å². The van der Waals surface area contributed by atoms with Crippen molar-refractivity contribution in [1.82, 2.24) is 29.7 Å². The SMILES string of the molecule is Cc1cn2nc(Nc3nn(C)c4cc(N5C[C@H](C)N[C@@H](C)C5)cc(Cl)c34)cc(C)c2n1. The summed E-state index contributed by atoms with van der Waals surface area (Å²) in [7, 11) is 1.94. The van der Waals surface area contributed by atoms with Crippen molar-refractivity contribution in [3.63, 3.8) is 0 Å². The predicted molar refractivity (Wildman–Crippen MR) is 126 cm³/mol. The van der Waals surface area contributed by atoms with Crippen LogP contribution in [0.25, 0.3) is 16.6 Å². The molecule has 0 bridgehead atoms. The van der Waals surface area contributed by atoms with Gasteiger partial charge >= 0.3 is 0 Å². The molecule has 4 heterocycles. The standard InChI is InChI=1S/C22H27ClN8/c1-12-6-19(27-31-11-15(4)25-22(12)31)26-21-20-17(23)7-16(8-18(20)29(5)28-21)30-9-13(2)24-14(3)10-30/h6-8,11,13-14,24H,9-10H2,1-5H3,(H,26,27,28)/t13-,14-/m0/s1. The number of benzene rings is 1. The number of aromatic nitrogens is 5. The number of nitrogens with one attached hydrogen (secondary N) is 2.